The van der Waals surface area contributed by atoms with Crippen LogP contribution in [0.15, 0.2) is 42.6 Å². The van der Waals surface area contributed by atoms with E-state index in [1.165, 1.54) is 12.3 Å². The van der Waals surface area contributed by atoms with Gasteiger partial charge in [0.25, 0.3) is 5.91 Å². The number of aromatic nitrogens is 1. The summed E-state index contributed by atoms with van der Waals surface area (Å²) < 4.78 is 0. The van der Waals surface area contributed by atoms with Gasteiger partial charge in [0.15, 0.2) is 6.20 Å². The van der Waals surface area contributed by atoms with Crippen LogP contribution in [0.5, 0.6) is 0 Å². The van der Waals surface area contributed by atoms with Crippen molar-refractivity contribution in [3.8, 4) is 0 Å². The van der Waals surface area contributed by atoms with Gasteiger partial charge in [0.05, 0.1) is 5.69 Å². The molecule has 1 aromatic carbocycles. The number of nitrogens with one attached hydrogen (secondary N) is 1. The third-order valence-electron chi connectivity index (χ3n) is 3.26. The molecule has 0 bridgehead atoms. The summed E-state index contributed by atoms with van der Waals surface area (Å²) in [5.41, 5.74) is 2.42. The molecule has 0 saturated carbocycles. The van der Waals surface area contributed by atoms with Gasteiger partial charge >= 0.3 is 5.82 Å². The van der Waals surface area contributed by atoms with E-state index in [2.05, 4.69) is 10.3 Å². The van der Waals surface area contributed by atoms with E-state index in [1.54, 1.807) is 31.1 Å². The van der Waals surface area contributed by atoms with Crippen LogP contribution in [-0.4, -0.2) is 41.4 Å². The molecule has 7 nitrogen and oxygen atoms in total. The Balaban J connectivity index is 1.92. The predicted octanol–water partition coefficient (Wildman–Crippen LogP) is 2.35. The summed E-state index contributed by atoms with van der Waals surface area (Å²) in [5, 5.41) is 13.7. The van der Waals surface area contributed by atoms with Crippen molar-refractivity contribution in [2.75, 3.05) is 26.0 Å². The number of amides is 1. The monoisotopic (exact) mass is 314 g/mol. The second-order valence-corrected chi connectivity index (χ2v) is 5.24. The van der Waals surface area contributed by atoms with Crippen molar-refractivity contribution in [1.29, 1.82) is 0 Å². The highest BCUT2D eigenvalue weighted by Crippen LogP contribution is 2.12. The third kappa shape index (κ3) is 4.50. The average molecular weight is 314 g/mol. The highest BCUT2D eigenvalue weighted by Gasteiger charge is 2.08. The minimum atomic E-state index is -0.531. The number of hydrogen-bond donors (Lipinski definition) is 1. The maximum Gasteiger partial charge on any atom is 0.363 e. The van der Waals surface area contributed by atoms with Crippen LogP contribution in [0, 0.1) is 10.1 Å². The Hall–Kier alpha value is -2.96. The summed E-state index contributed by atoms with van der Waals surface area (Å²) in [5.74, 6) is -0.204. The second-order valence-electron chi connectivity index (χ2n) is 5.24. The van der Waals surface area contributed by atoms with E-state index in [0.29, 0.717) is 12.1 Å². The summed E-state index contributed by atoms with van der Waals surface area (Å²) in [6.07, 6.45) is 2.16. The molecule has 1 aromatic heterocycles. The standard InChI is InChI=1S/C16H18N4O3/c1-19(2)16(21)13-5-3-4-12(10-13)8-9-17-14-6-7-15(18-11-14)20(22)23/h3-7,10-11,17H,8-9H2,1-2H3. The number of anilines is 1. The number of rotatable bonds is 6. The first-order valence-corrected chi connectivity index (χ1v) is 7.12. The van der Waals surface area contributed by atoms with Crippen LogP contribution in [0.4, 0.5) is 11.5 Å². The highest BCUT2D eigenvalue weighted by molar-refractivity contribution is 5.94. The Morgan fingerprint density at radius 1 is 1.30 bits per heavy atom. The van der Waals surface area contributed by atoms with Crippen LogP contribution >= 0.6 is 0 Å². The summed E-state index contributed by atoms with van der Waals surface area (Å²) in [6, 6.07) is 10.5. The molecule has 0 fully saturated rings. The van der Waals surface area contributed by atoms with E-state index in [4.69, 9.17) is 0 Å². The Labute approximate surface area is 134 Å². The largest absolute Gasteiger partial charge is 0.382 e. The maximum absolute atomic E-state index is 11.9. The summed E-state index contributed by atoms with van der Waals surface area (Å²) in [6.45, 7) is 0.638. The van der Waals surface area contributed by atoms with E-state index in [-0.39, 0.29) is 11.7 Å². The lowest BCUT2D eigenvalue weighted by Gasteiger charge is -2.11. The molecule has 120 valence electrons. The average Bonchev–Trinajstić information content (AvgIpc) is 2.55. The number of carbonyl (C=O) groups excluding carboxylic acids is 1. The molecule has 23 heavy (non-hydrogen) atoms. The lowest BCUT2D eigenvalue weighted by atomic mass is 10.1. The van der Waals surface area contributed by atoms with E-state index < -0.39 is 4.92 Å². The highest BCUT2D eigenvalue weighted by atomic mass is 16.6. The number of pyridine rings is 1. The SMILES string of the molecule is CN(C)C(=O)c1cccc(CCNc2ccc([N+](=O)[O-])nc2)c1. The fourth-order valence-electron chi connectivity index (χ4n) is 2.07. The van der Waals surface area contributed by atoms with Gasteiger partial charge in [-0.05, 0) is 40.1 Å². The van der Waals surface area contributed by atoms with Crippen molar-refractivity contribution in [3.05, 3.63) is 63.8 Å². The van der Waals surface area contributed by atoms with Crippen LogP contribution in [0.1, 0.15) is 15.9 Å². The zero-order valence-corrected chi connectivity index (χ0v) is 13.0. The molecule has 1 amide bonds. The zero-order valence-electron chi connectivity index (χ0n) is 13.0. The quantitative estimate of drug-likeness (QED) is 0.653. The number of carbonyl (C=O) groups is 1. The molecule has 0 saturated heterocycles. The summed E-state index contributed by atoms with van der Waals surface area (Å²) in [7, 11) is 3.44. The van der Waals surface area contributed by atoms with Crippen molar-refractivity contribution in [2.45, 2.75) is 6.42 Å². The lowest BCUT2D eigenvalue weighted by Crippen LogP contribution is -2.21. The first kappa shape index (κ1) is 16.4. The van der Waals surface area contributed by atoms with Gasteiger partial charge in [0, 0.05) is 32.3 Å². The van der Waals surface area contributed by atoms with Crippen LogP contribution in [0.2, 0.25) is 0 Å². The van der Waals surface area contributed by atoms with Gasteiger partial charge < -0.3 is 20.3 Å². The molecule has 0 spiro atoms. The molecule has 2 aromatic rings. The Bertz CT molecular complexity index is 699. The molecule has 0 radical (unpaired) electrons. The summed E-state index contributed by atoms with van der Waals surface area (Å²) >= 11 is 0. The molecule has 0 atom stereocenters. The van der Waals surface area contributed by atoms with Crippen molar-refractivity contribution < 1.29 is 9.72 Å². The number of nitrogens with zero attached hydrogens (tertiary/aromatic N) is 3. The van der Waals surface area contributed by atoms with E-state index in [0.717, 1.165) is 17.7 Å². The van der Waals surface area contributed by atoms with Crippen LogP contribution < -0.4 is 5.32 Å². The van der Waals surface area contributed by atoms with Crippen molar-refractivity contribution in [2.24, 2.45) is 0 Å². The predicted molar refractivity (Wildman–Crippen MR) is 87.5 cm³/mol. The van der Waals surface area contributed by atoms with E-state index in [9.17, 15) is 14.9 Å². The van der Waals surface area contributed by atoms with Crippen LogP contribution in [0.25, 0.3) is 0 Å². The number of nitro groups is 1. The minimum absolute atomic E-state index is 0.0284. The molecule has 2 rings (SSSR count). The minimum Gasteiger partial charge on any atom is -0.382 e. The topological polar surface area (TPSA) is 88.4 Å². The van der Waals surface area contributed by atoms with Crippen LogP contribution in [-0.2, 0) is 6.42 Å². The molecule has 0 unspecified atom stereocenters. The fourth-order valence-corrected chi connectivity index (χ4v) is 2.07. The van der Waals surface area contributed by atoms with Gasteiger partial charge in [0.1, 0.15) is 0 Å². The lowest BCUT2D eigenvalue weighted by molar-refractivity contribution is -0.389. The Morgan fingerprint density at radius 3 is 2.70 bits per heavy atom. The molecule has 0 aliphatic heterocycles. The molecular weight excluding hydrogens is 296 g/mol. The summed E-state index contributed by atoms with van der Waals surface area (Å²) in [4.78, 5) is 27.2. The Morgan fingerprint density at radius 2 is 2.09 bits per heavy atom. The third-order valence-corrected chi connectivity index (χ3v) is 3.26. The molecule has 0 aliphatic rings. The van der Waals surface area contributed by atoms with Gasteiger partial charge in [-0.25, -0.2) is 0 Å². The van der Waals surface area contributed by atoms with E-state index in [1.807, 2.05) is 18.2 Å². The normalized spacial score (nSPS) is 10.2. The van der Waals surface area contributed by atoms with Gasteiger partial charge in [-0.1, -0.05) is 12.1 Å². The van der Waals surface area contributed by atoms with Crippen LogP contribution in [0.3, 0.4) is 0 Å². The van der Waals surface area contributed by atoms with Gasteiger partial charge in [0.2, 0.25) is 0 Å². The molecule has 7 heteroatoms. The van der Waals surface area contributed by atoms with Crippen molar-refractivity contribution in [1.82, 2.24) is 9.88 Å². The van der Waals surface area contributed by atoms with Gasteiger partial charge in [-0.3, -0.25) is 4.79 Å². The first-order valence-electron chi connectivity index (χ1n) is 7.12. The number of benzene rings is 1. The number of hydrogen-bond acceptors (Lipinski definition) is 5. The van der Waals surface area contributed by atoms with Gasteiger partial charge in [-0.2, -0.15) is 0 Å². The molecule has 0 aliphatic carbocycles. The molecule has 1 N–H and O–H groups in total. The smallest absolute Gasteiger partial charge is 0.363 e. The first-order chi connectivity index (χ1) is 11.0. The molecule has 1 heterocycles. The van der Waals surface area contributed by atoms with Gasteiger partial charge in [-0.15, -0.1) is 0 Å². The second kappa shape index (κ2) is 7.35. The Kier molecular flexibility index (Phi) is 5.24. The fraction of sp³-hybridized carbons (Fsp3) is 0.250. The molecular formula is C16H18N4O3. The van der Waals surface area contributed by atoms with E-state index >= 15 is 0 Å². The van der Waals surface area contributed by atoms with Crippen molar-refractivity contribution >= 4 is 17.4 Å². The zero-order chi connectivity index (χ0) is 16.8. The van der Waals surface area contributed by atoms with Crippen molar-refractivity contribution in [3.63, 3.8) is 0 Å². The maximum atomic E-state index is 11.9.